The molecule has 2 heterocycles. The lowest BCUT2D eigenvalue weighted by atomic mass is 9.81. The van der Waals surface area contributed by atoms with E-state index >= 15 is 0 Å². The molecule has 0 atom stereocenters. The molecule has 0 radical (unpaired) electrons. The molecular formula is C65H43NS. The lowest BCUT2D eigenvalue weighted by molar-refractivity contribution is 0.660. The second-order valence-electron chi connectivity index (χ2n) is 18.8. The fourth-order valence-electron chi connectivity index (χ4n) is 11.6. The molecule has 67 heavy (non-hydrogen) atoms. The van der Waals surface area contributed by atoms with Crippen LogP contribution in [-0.4, -0.2) is 4.57 Å². The van der Waals surface area contributed by atoms with Crippen molar-refractivity contribution in [1.29, 1.82) is 0 Å². The van der Waals surface area contributed by atoms with Crippen LogP contribution >= 0.6 is 11.3 Å². The number of benzene rings is 11. The van der Waals surface area contributed by atoms with Crippen molar-refractivity contribution < 1.29 is 0 Å². The third kappa shape index (κ3) is 5.67. The molecule has 0 spiro atoms. The Hall–Kier alpha value is -8.04. The lowest BCUT2D eigenvalue weighted by Crippen LogP contribution is -2.14. The van der Waals surface area contributed by atoms with Gasteiger partial charge >= 0.3 is 0 Å². The Morgan fingerprint density at radius 2 is 0.821 bits per heavy atom. The molecular weight excluding hydrogens is 827 g/mol. The molecule has 314 valence electrons. The quantitative estimate of drug-likeness (QED) is 0.152. The standard InChI is InChI=1S/C65H43NS/c1-65(2)57-25-12-10-17-47(57)48-34-29-43(39-58(48)65)42-30-35-59-55(37-42)56-38-44(46-23-14-24-54-49-18-11-13-26-61(49)67-64(46)54)31-36-60(56)66(59)45-32-27-41(28-33-45)63-52-21-8-6-19-50(52)62(40-15-4-3-5-16-40)51-20-7-9-22-53(51)63/h3-39H,1-2H3. The summed E-state index contributed by atoms with van der Waals surface area (Å²) in [5.74, 6) is 0. The molecule has 14 rings (SSSR count). The molecule has 0 unspecified atom stereocenters. The van der Waals surface area contributed by atoms with E-state index in [1.165, 1.54) is 130 Å². The molecule has 0 amide bonds. The second-order valence-corrected chi connectivity index (χ2v) is 19.8. The Morgan fingerprint density at radius 3 is 1.52 bits per heavy atom. The van der Waals surface area contributed by atoms with Gasteiger partial charge in [0, 0.05) is 42.0 Å². The fraction of sp³-hybridized carbons (Fsp3) is 0.0462. The van der Waals surface area contributed by atoms with Crippen molar-refractivity contribution in [1.82, 2.24) is 4.57 Å². The third-order valence-electron chi connectivity index (χ3n) is 14.8. The molecule has 2 heteroatoms. The minimum Gasteiger partial charge on any atom is -0.309 e. The van der Waals surface area contributed by atoms with Crippen molar-refractivity contribution >= 4 is 74.9 Å². The van der Waals surface area contributed by atoms with Gasteiger partial charge in [-0.3, -0.25) is 0 Å². The average molecular weight is 870 g/mol. The smallest absolute Gasteiger partial charge is 0.0541 e. The molecule has 13 aromatic rings. The predicted octanol–water partition coefficient (Wildman–Crippen LogP) is 18.4. The van der Waals surface area contributed by atoms with Crippen LogP contribution in [0.25, 0.3) is 125 Å². The van der Waals surface area contributed by atoms with E-state index in [0.29, 0.717) is 0 Å². The Bertz CT molecular complexity index is 4110. The van der Waals surface area contributed by atoms with Crippen LogP contribution in [0.3, 0.4) is 0 Å². The predicted molar refractivity (Wildman–Crippen MR) is 288 cm³/mol. The van der Waals surface area contributed by atoms with Crippen LogP contribution < -0.4 is 0 Å². The summed E-state index contributed by atoms with van der Waals surface area (Å²) in [4.78, 5) is 0. The van der Waals surface area contributed by atoms with Crippen molar-refractivity contribution in [2.24, 2.45) is 0 Å². The van der Waals surface area contributed by atoms with E-state index in [2.05, 4.69) is 243 Å². The van der Waals surface area contributed by atoms with E-state index in [1.54, 1.807) is 0 Å². The summed E-state index contributed by atoms with van der Waals surface area (Å²) in [6.07, 6.45) is 0. The fourth-order valence-corrected chi connectivity index (χ4v) is 12.9. The first-order valence-electron chi connectivity index (χ1n) is 23.3. The lowest BCUT2D eigenvalue weighted by Gasteiger charge is -2.22. The summed E-state index contributed by atoms with van der Waals surface area (Å²) in [5, 5.41) is 10.2. The van der Waals surface area contributed by atoms with Gasteiger partial charge in [-0.25, -0.2) is 0 Å². The van der Waals surface area contributed by atoms with Gasteiger partial charge in [-0.2, -0.15) is 0 Å². The Balaban J connectivity index is 0.958. The highest BCUT2D eigenvalue weighted by Crippen LogP contribution is 2.50. The van der Waals surface area contributed by atoms with Gasteiger partial charge in [0.05, 0.1) is 11.0 Å². The van der Waals surface area contributed by atoms with E-state index in [-0.39, 0.29) is 5.41 Å². The average Bonchev–Trinajstić information content (AvgIpc) is 4.00. The number of aromatic nitrogens is 1. The van der Waals surface area contributed by atoms with E-state index in [0.717, 1.165) is 5.69 Å². The first-order chi connectivity index (χ1) is 33.0. The van der Waals surface area contributed by atoms with E-state index in [1.807, 2.05) is 11.3 Å². The largest absolute Gasteiger partial charge is 0.309 e. The maximum atomic E-state index is 2.47. The topological polar surface area (TPSA) is 4.93 Å². The zero-order valence-electron chi connectivity index (χ0n) is 37.2. The second kappa shape index (κ2) is 14.5. The third-order valence-corrected chi connectivity index (χ3v) is 16.0. The van der Waals surface area contributed by atoms with E-state index in [4.69, 9.17) is 0 Å². The number of nitrogens with zero attached hydrogens (tertiary/aromatic N) is 1. The summed E-state index contributed by atoms with van der Waals surface area (Å²) in [5.41, 5.74) is 18.9. The maximum absolute atomic E-state index is 2.47. The minimum absolute atomic E-state index is 0.0702. The zero-order chi connectivity index (χ0) is 44.4. The normalized spacial score (nSPS) is 13.0. The first-order valence-corrected chi connectivity index (χ1v) is 24.1. The van der Waals surface area contributed by atoms with Crippen LogP contribution in [0.4, 0.5) is 0 Å². The van der Waals surface area contributed by atoms with Gasteiger partial charge in [0.2, 0.25) is 0 Å². The van der Waals surface area contributed by atoms with E-state index < -0.39 is 0 Å². The molecule has 0 fully saturated rings. The molecule has 1 aliphatic carbocycles. The van der Waals surface area contributed by atoms with Gasteiger partial charge in [-0.15, -0.1) is 11.3 Å². The van der Waals surface area contributed by atoms with Crippen molar-refractivity contribution in [2.75, 3.05) is 0 Å². The molecule has 0 aliphatic heterocycles. The number of hydrogen-bond donors (Lipinski definition) is 0. The molecule has 1 nitrogen and oxygen atoms in total. The van der Waals surface area contributed by atoms with Crippen LogP contribution in [0.15, 0.2) is 224 Å². The number of fused-ring (bicyclic) bond motifs is 11. The molecule has 0 saturated heterocycles. The number of thiophene rings is 1. The van der Waals surface area contributed by atoms with Crippen LogP contribution in [0.1, 0.15) is 25.0 Å². The molecule has 0 saturated carbocycles. The highest BCUT2D eigenvalue weighted by atomic mass is 32.1. The Morgan fingerprint density at radius 1 is 0.328 bits per heavy atom. The SMILES string of the molecule is CC1(C)c2ccccc2-c2ccc(-c3ccc4c(c3)c3cc(-c5cccc6c5sc5ccccc56)ccc3n4-c3ccc(-c4c5ccccc5c(-c5ccccc5)c5ccccc45)cc3)cc21. The summed E-state index contributed by atoms with van der Waals surface area (Å²) >= 11 is 1.89. The molecule has 1 aliphatic rings. The van der Waals surface area contributed by atoms with Crippen LogP contribution in [-0.2, 0) is 5.41 Å². The van der Waals surface area contributed by atoms with Gasteiger partial charge in [-0.1, -0.05) is 190 Å². The van der Waals surface area contributed by atoms with Gasteiger partial charge in [0.15, 0.2) is 0 Å². The summed E-state index contributed by atoms with van der Waals surface area (Å²) in [6.45, 7) is 4.74. The van der Waals surface area contributed by atoms with Gasteiger partial charge < -0.3 is 4.57 Å². The maximum Gasteiger partial charge on any atom is 0.0541 e. The van der Waals surface area contributed by atoms with Crippen molar-refractivity contribution in [3.63, 3.8) is 0 Å². The van der Waals surface area contributed by atoms with Gasteiger partial charge in [0.25, 0.3) is 0 Å². The Labute approximate surface area is 393 Å². The molecule has 0 bridgehead atoms. The van der Waals surface area contributed by atoms with Crippen LogP contribution in [0, 0.1) is 0 Å². The first kappa shape index (κ1) is 38.3. The summed E-state index contributed by atoms with van der Waals surface area (Å²) in [6, 6.07) is 83.9. The van der Waals surface area contributed by atoms with Crippen LogP contribution in [0.5, 0.6) is 0 Å². The highest BCUT2D eigenvalue weighted by molar-refractivity contribution is 7.26. The molecule has 2 aromatic heterocycles. The van der Waals surface area contributed by atoms with Gasteiger partial charge in [0.1, 0.15) is 0 Å². The van der Waals surface area contributed by atoms with E-state index in [9.17, 15) is 0 Å². The summed E-state index contributed by atoms with van der Waals surface area (Å²) < 4.78 is 5.13. The monoisotopic (exact) mass is 869 g/mol. The number of hydrogen-bond acceptors (Lipinski definition) is 1. The van der Waals surface area contributed by atoms with Crippen molar-refractivity contribution in [3.8, 4) is 61.3 Å². The highest BCUT2D eigenvalue weighted by Gasteiger charge is 2.35. The van der Waals surface area contributed by atoms with Crippen molar-refractivity contribution in [2.45, 2.75) is 19.3 Å². The Kier molecular flexibility index (Phi) is 8.27. The van der Waals surface area contributed by atoms with Gasteiger partial charge in [-0.05, 0) is 137 Å². The van der Waals surface area contributed by atoms with Crippen molar-refractivity contribution in [3.05, 3.63) is 236 Å². The number of rotatable bonds is 5. The summed E-state index contributed by atoms with van der Waals surface area (Å²) in [7, 11) is 0. The van der Waals surface area contributed by atoms with Crippen LogP contribution in [0.2, 0.25) is 0 Å². The minimum atomic E-state index is -0.0702. The molecule has 11 aromatic carbocycles. The molecule has 0 N–H and O–H groups in total. The zero-order valence-corrected chi connectivity index (χ0v) is 38.0.